The van der Waals surface area contributed by atoms with Gasteiger partial charge in [0.15, 0.2) is 0 Å². The number of aromatic carboxylic acids is 1. The highest BCUT2D eigenvalue weighted by Gasteiger charge is 2.06. The number of carboxylic acids is 1. The second-order valence-corrected chi connectivity index (χ2v) is 4.61. The second-order valence-electron chi connectivity index (χ2n) is 4.20. The van der Waals surface area contributed by atoms with Crippen molar-refractivity contribution in [1.82, 2.24) is 0 Å². The number of anilines is 1. The van der Waals surface area contributed by atoms with Gasteiger partial charge < -0.3 is 15.2 Å². The van der Waals surface area contributed by atoms with Crippen LogP contribution in [0, 0.1) is 5.82 Å². The topological polar surface area (TPSA) is 58.6 Å². The number of hydrogen-bond donors (Lipinski definition) is 2. The van der Waals surface area contributed by atoms with Crippen molar-refractivity contribution >= 4 is 23.3 Å². The maximum atomic E-state index is 13.5. The Morgan fingerprint density at radius 1 is 1.24 bits per heavy atom. The minimum atomic E-state index is -0.989. The van der Waals surface area contributed by atoms with Gasteiger partial charge in [0.05, 0.1) is 16.3 Å². The highest BCUT2D eigenvalue weighted by Crippen LogP contribution is 2.24. The molecule has 0 bridgehead atoms. The summed E-state index contributed by atoms with van der Waals surface area (Å²) >= 11 is 5.87. The maximum absolute atomic E-state index is 13.5. The minimum absolute atomic E-state index is 0.193. The number of halogens is 2. The van der Waals surface area contributed by atoms with Crippen LogP contribution in [0.1, 0.15) is 10.4 Å². The Labute approximate surface area is 126 Å². The zero-order valence-corrected chi connectivity index (χ0v) is 11.7. The molecule has 0 aliphatic carbocycles. The molecule has 0 aliphatic heterocycles. The zero-order valence-electron chi connectivity index (χ0n) is 11.0. The van der Waals surface area contributed by atoms with Crippen molar-refractivity contribution in [3.05, 3.63) is 58.9 Å². The Bertz CT molecular complexity index is 611. The third kappa shape index (κ3) is 4.10. The third-order valence-electron chi connectivity index (χ3n) is 2.74. The van der Waals surface area contributed by atoms with Crippen LogP contribution in [0.15, 0.2) is 42.5 Å². The lowest BCUT2D eigenvalue weighted by atomic mass is 10.2. The molecule has 2 N–H and O–H groups in total. The number of carbonyl (C=O) groups is 1. The fourth-order valence-corrected chi connectivity index (χ4v) is 1.94. The van der Waals surface area contributed by atoms with Crippen molar-refractivity contribution in [2.45, 2.75) is 0 Å². The third-order valence-corrected chi connectivity index (χ3v) is 3.05. The summed E-state index contributed by atoms with van der Waals surface area (Å²) in [5.41, 5.74) is 0.433. The molecule has 0 spiro atoms. The van der Waals surface area contributed by atoms with Gasteiger partial charge >= 0.3 is 5.97 Å². The Hall–Kier alpha value is -2.27. The molecule has 2 rings (SSSR count). The Morgan fingerprint density at radius 3 is 2.57 bits per heavy atom. The smallest absolute Gasteiger partial charge is 0.335 e. The van der Waals surface area contributed by atoms with E-state index in [4.69, 9.17) is 21.4 Å². The molecular formula is C15H13ClFNO3. The van der Waals surface area contributed by atoms with E-state index in [-0.39, 0.29) is 17.9 Å². The highest BCUT2D eigenvalue weighted by atomic mass is 35.5. The lowest BCUT2D eigenvalue weighted by Crippen LogP contribution is -2.12. The van der Waals surface area contributed by atoms with Crippen LogP contribution in [0.5, 0.6) is 5.75 Å². The molecule has 0 radical (unpaired) electrons. The summed E-state index contributed by atoms with van der Waals surface area (Å²) in [6, 6.07) is 10.5. The Balaban J connectivity index is 1.83. The summed E-state index contributed by atoms with van der Waals surface area (Å²) in [5.74, 6) is -0.868. The molecule has 0 fully saturated rings. The molecule has 0 saturated carbocycles. The largest absolute Gasteiger partial charge is 0.492 e. The van der Waals surface area contributed by atoms with Gasteiger partial charge in [-0.3, -0.25) is 0 Å². The first-order valence-corrected chi connectivity index (χ1v) is 6.60. The first kappa shape index (κ1) is 15.1. The molecule has 2 aromatic rings. The van der Waals surface area contributed by atoms with E-state index in [2.05, 4.69) is 5.32 Å². The van der Waals surface area contributed by atoms with Crippen molar-refractivity contribution in [2.75, 3.05) is 18.5 Å². The number of nitrogens with one attached hydrogen (secondary N) is 1. The van der Waals surface area contributed by atoms with E-state index in [9.17, 15) is 9.18 Å². The average molecular weight is 310 g/mol. The molecule has 0 unspecified atom stereocenters. The highest BCUT2D eigenvalue weighted by molar-refractivity contribution is 6.33. The van der Waals surface area contributed by atoms with Gasteiger partial charge in [0.25, 0.3) is 0 Å². The first-order valence-electron chi connectivity index (χ1n) is 6.22. The van der Waals surface area contributed by atoms with Crippen LogP contribution >= 0.6 is 11.6 Å². The lowest BCUT2D eigenvalue weighted by Gasteiger charge is -2.10. The SMILES string of the molecule is O=C(O)c1ccc(OCCNc2c(F)cccc2Cl)cc1. The van der Waals surface area contributed by atoms with Gasteiger partial charge in [-0.25, -0.2) is 9.18 Å². The number of ether oxygens (including phenoxy) is 1. The van der Waals surface area contributed by atoms with Crippen molar-refractivity contribution in [3.8, 4) is 5.75 Å². The van der Waals surface area contributed by atoms with Crippen LogP contribution in [-0.2, 0) is 0 Å². The molecule has 2 aromatic carbocycles. The van der Waals surface area contributed by atoms with E-state index in [0.29, 0.717) is 17.3 Å². The van der Waals surface area contributed by atoms with Crippen molar-refractivity contribution in [3.63, 3.8) is 0 Å². The van der Waals surface area contributed by atoms with Gasteiger partial charge in [0.2, 0.25) is 0 Å². The number of carboxylic acid groups (broad SMARTS) is 1. The van der Waals surface area contributed by atoms with E-state index in [1.165, 1.54) is 24.3 Å². The Kier molecular flexibility index (Phi) is 5.00. The van der Waals surface area contributed by atoms with Crippen LogP contribution in [0.25, 0.3) is 0 Å². The normalized spacial score (nSPS) is 10.2. The summed E-state index contributed by atoms with van der Waals surface area (Å²) in [6.45, 7) is 0.651. The van der Waals surface area contributed by atoms with Gasteiger partial charge in [-0.2, -0.15) is 0 Å². The van der Waals surface area contributed by atoms with Crippen LogP contribution in [0.4, 0.5) is 10.1 Å². The first-order chi connectivity index (χ1) is 10.1. The molecule has 0 atom stereocenters. The number of para-hydroxylation sites is 1. The average Bonchev–Trinajstić information content (AvgIpc) is 2.46. The molecule has 21 heavy (non-hydrogen) atoms. The maximum Gasteiger partial charge on any atom is 0.335 e. The molecule has 110 valence electrons. The van der Waals surface area contributed by atoms with Crippen LogP contribution in [0.3, 0.4) is 0 Å². The second kappa shape index (κ2) is 6.95. The van der Waals surface area contributed by atoms with Gasteiger partial charge in [0, 0.05) is 6.54 Å². The molecule has 0 heterocycles. The molecular weight excluding hydrogens is 297 g/mol. The van der Waals surface area contributed by atoms with Gasteiger partial charge in [0.1, 0.15) is 18.2 Å². The van der Waals surface area contributed by atoms with Gasteiger partial charge in [-0.05, 0) is 36.4 Å². The summed E-state index contributed by atoms with van der Waals surface area (Å²) in [4.78, 5) is 10.7. The lowest BCUT2D eigenvalue weighted by molar-refractivity contribution is 0.0697. The molecule has 0 aliphatic rings. The quantitative estimate of drug-likeness (QED) is 0.799. The standard InChI is InChI=1S/C15H13ClFNO3/c16-12-2-1-3-13(17)14(12)18-8-9-21-11-6-4-10(5-7-11)15(19)20/h1-7,18H,8-9H2,(H,19,20). The number of rotatable bonds is 6. The fraction of sp³-hybridized carbons (Fsp3) is 0.133. The van der Waals surface area contributed by atoms with Crippen molar-refractivity contribution in [2.24, 2.45) is 0 Å². The van der Waals surface area contributed by atoms with Crippen LogP contribution in [0.2, 0.25) is 5.02 Å². The van der Waals surface area contributed by atoms with E-state index >= 15 is 0 Å². The molecule has 0 aromatic heterocycles. The van der Waals surface area contributed by atoms with Gasteiger partial charge in [-0.15, -0.1) is 0 Å². The predicted octanol–water partition coefficient (Wildman–Crippen LogP) is 3.67. The molecule has 6 heteroatoms. The van der Waals surface area contributed by atoms with Gasteiger partial charge in [-0.1, -0.05) is 17.7 Å². The molecule has 0 saturated heterocycles. The Morgan fingerprint density at radius 2 is 1.95 bits per heavy atom. The van der Waals surface area contributed by atoms with E-state index in [0.717, 1.165) is 0 Å². The van der Waals surface area contributed by atoms with E-state index < -0.39 is 11.8 Å². The zero-order chi connectivity index (χ0) is 15.2. The van der Waals surface area contributed by atoms with Crippen molar-refractivity contribution < 1.29 is 19.0 Å². The summed E-state index contributed by atoms with van der Waals surface area (Å²) in [7, 11) is 0. The van der Waals surface area contributed by atoms with Crippen molar-refractivity contribution in [1.29, 1.82) is 0 Å². The molecule has 0 amide bonds. The van der Waals surface area contributed by atoms with Crippen LogP contribution < -0.4 is 10.1 Å². The number of hydrogen-bond acceptors (Lipinski definition) is 3. The summed E-state index contributed by atoms with van der Waals surface area (Å²) in [6.07, 6.45) is 0. The summed E-state index contributed by atoms with van der Waals surface area (Å²) in [5, 5.41) is 11.9. The monoisotopic (exact) mass is 309 g/mol. The fourth-order valence-electron chi connectivity index (χ4n) is 1.71. The predicted molar refractivity (Wildman–Crippen MR) is 78.8 cm³/mol. The molecule has 4 nitrogen and oxygen atoms in total. The van der Waals surface area contributed by atoms with E-state index in [1.807, 2.05) is 0 Å². The number of benzene rings is 2. The minimum Gasteiger partial charge on any atom is -0.492 e. The van der Waals surface area contributed by atoms with E-state index in [1.54, 1.807) is 18.2 Å². The summed E-state index contributed by atoms with van der Waals surface area (Å²) < 4.78 is 18.9. The van der Waals surface area contributed by atoms with Crippen LogP contribution in [-0.4, -0.2) is 24.2 Å².